The molecule has 4 nitrogen and oxygen atoms in total. The molecule has 0 aromatic heterocycles. The van der Waals surface area contributed by atoms with Gasteiger partial charge in [0.2, 0.25) is 5.91 Å². The average Bonchev–Trinajstić information content (AvgIpc) is 2.62. The molecular formula is C20H31N3O. The Labute approximate surface area is 146 Å². The molecule has 1 amide bonds. The van der Waals surface area contributed by atoms with Gasteiger partial charge in [-0.2, -0.15) is 0 Å². The van der Waals surface area contributed by atoms with E-state index in [1.807, 2.05) is 18.2 Å². The molecule has 1 N–H and O–H groups in total. The molecule has 2 aliphatic rings. The van der Waals surface area contributed by atoms with Crippen molar-refractivity contribution in [2.75, 3.05) is 33.2 Å². The van der Waals surface area contributed by atoms with Gasteiger partial charge in [-0.25, -0.2) is 0 Å². The third-order valence-electron chi connectivity index (χ3n) is 5.54. The molecule has 1 aromatic carbocycles. The molecule has 0 spiro atoms. The number of benzene rings is 1. The number of hydrogen-bond acceptors (Lipinski definition) is 3. The van der Waals surface area contributed by atoms with E-state index in [-0.39, 0.29) is 11.9 Å². The zero-order valence-electron chi connectivity index (χ0n) is 15.1. The van der Waals surface area contributed by atoms with Crippen LogP contribution in [0.1, 0.15) is 44.2 Å². The third kappa shape index (κ3) is 4.17. The molecule has 0 bridgehead atoms. The molecule has 1 aromatic rings. The Hall–Kier alpha value is -1.39. The van der Waals surface area contributed by atoms with Crippen molar-refractivity contribution in [3.63, 3.8) is 0 Å². The van der Waals surface area contributed by atoms with E-state index in [2.05, 4.69) is 41.2 Å². The first-order chi connectivity index (χ1) is 11.6. The summed E-state index contributed by atoms with van der Waals surface area (Å²) in [5.74, 6) is 0.816. The van der Waals surface area contributed by atoms with Gasteiger partial charge in [-0.15, -0.1) is 0 Å². The molecular weight excluding hydrogens is 298 g/mol. The number of carbonyl (C=O) groups excluding carboxylic acids is 1. The van der Waals surface area contributed by atoms with E-state index < -0.39 is 0 Å². The Morgan fingerprint density at radius 1 is 1.12 bits per heavy atom. The lowest BCUT2D eigenvalue weighted by Gasteiger charge is -2.39. The van der Waals surface area contributed by atoms with Crippen molar-refractivity contribution in [2.45, 2.75) is 44.7 Å². The summed E-state index contributed by atoms with van der Waals surface area (Å²) >= 11 is 0. The SMILES string of the molecule is CC1CN(C)CCC1NC(C(=O)N1CCCCC1)c1ccccc1. The van der Waals surface area contributed by atoms with Crippen molar-refractivity contribution >= 4 is 5.91 Å². The fourth-order valence-electron chi connectivity index (χ4n) is 4.07. The van der Waals surface area contributed by atoms with Gasteiger partial charge in [-0.05, 0) is 50.8 Å². The highest BCUT2D eigenvalue weighted by molar-refractivity contribution is 5.83. The standard InChI is InChI=1S/C20H31N3O/c1-16-15-22(2)14-11-18(16)21-19(17-9-5-3-6-10-17)20(24)23-12-7-4-8-13-23/h3,5-6,9-10,16,18-19,21H,4,7-8,11-15H2,1-2H3. The number of rotatable bonds is 4. The summed E-state index contributed by atoms with van der Waals surface area (Å²) < 4.78 is 0. The zero-order chi connectivity index (χ0) is 16.9. The average molecular weight is 329 g/mol. The Bertz CT molecular complexity index is 527. The van der Waals surface area contributed by atoms with E-state index in [0.717, 1.165) is 51.0 Å². The van der Waals surface area contributed by atoms with Gasteiger partial charge in [0.05, 0.1) is 0 Å². The summed E-state index contributed by atoms with van der Waals surface area (Å²) in [6.45, 7) is 6.30. The molecule has 0 radical (unpaired) electrons. The molecule has 3 atom stereocenters. The second kappa shape index (κ2) is 8.13. The van der Waals surface area contributed by atoms with Crippen molar-refractivity contribution in [3.05, 3.63) is 35.9 Å². The van der Waals surface area contributed by atoms with Crippen LogP contribution in [0.25, 0.3) is 0 Å². The lowest BCUT2D eigenvalue weighted by atomic mass is 9.92. The Morgan fingerprint density at radius 3 is 2.50 bits per heavy atom. The summed E-state index contributed by atoms with van der Waals surface area (Å²) in [5, 5.41) is 3.72. The number of carbonyl (C=O) groups is 1. The fourth-order valence-corrected chi connectivity index (χ4v) is 4.07. The van der Waals surface area contributed by atoms with Gasteiger partial charge in [-0.1, -0.05) is 37.3 Å². The quantitative estimate of drug-likeness (QED) is 0.922. The highest BCUT2D eigenvalue weighted by Gasteiger charge is 2.32. The first-order valence-corrected chi connectivity index (χ1v) is 9.43. The highest BCUT2D eigenvalue weighted by Crippen LogP contribution is 2.23. The molecule has 2 aliphatic heterocycles. The molecule has 2 heterocycles. The van der Waals surface area contributed by atoms with Gasteiger partial charge in [-0.3, -0.25) is 10.1 Å². The molecule has 132 valence electrons. The number of hydrogen-bond donors (Lipinski definition) is 1. The Morgan fingerprint density at radius 2 is 1.83 bits per heavy atom. The largest absolute Gasteiger partial charge is 0.341 e. The van der Waals surface area contributed by atoms with Crippen molar-refractivity contribution in [2.24, 2.45) is 5.92 Å². The maximum Gasteiger partial charge on any atom is 0.244 e. The number of likely N-dealkylation sites (tertiary alicyclic amines) is 2. The molecule has 0 aliphatic carbocycles. The Kier molecular flexibility index (Phi) is 5.90. The molecule has 3 rings (SSSR count). The van der Waals surface area contributed by atoms with Gasteiger partial charge in [0, 0.05) is 25.7 Å². The minimum Gasteiger partial charge on any atom is -0.341 e. The van der Waals surface area contributed by atoms with Gasteiger partial charge in [0.15, 0.2) is 0 Å². The van der Waals surface area contributed by atoms with E-state index in [9.17, 15) is 4.79 Å². The van der Waals surface area contributed by atoms with Crippen molar-refractivity contribution < 1.29 is 4.79 Å². The van der Waals surface area contributed by atoms with Crippen LogP contribution in [-0.2, 0) is 4.79 Å². The maximum absolute atomic E-state index is 13.2. The van der Waals surface area contributed by atoms with E-state index in [0.29, 0.717) is 12.0 Å². The van der Waals surface area contributed by atoms with Crippen molar-refractivity contribution in [3.8, 4) is 0 Å². The van der Waals surface area contributed by atoms with Gasteiger partial charge in [0.25, 0.3) is 0 Å². The minimum absolute atomic E-state index is 0.208. The second-order valence-electron chi connectivity index (χ2n) is 7.53. The number of nitrogens with zero attached hydrogens (tertiary/aromatic N) is 2. The minimum atomic E-state index is -0.208. The lowest BCUT2D eigenvalue weighted by molar-refractivity contribution is -0.135. The molecule has 0 saturated carbocycles. The fraction of sp³-hybridized carbons (Fsp3) is 0.650. The van der Waals surface area contributed by atoms with Crippen LogP contribution < -0.4 is 5.32 Å². The van der Waals surface area contributed by atoms with Crippen LogP contribution in [-0.4, -0.2) is 55.0 Å². The van der Waals surface area contributed by atoms with Crippen LogP contribution in [0, 0.1) is 5.92 Å². The van der Waals surface area contributed by atoms with Gasteiger partial charge >= 0.3 is 0 Å². The first kappa shape index (κ1) is 17.4. The first-order valence-electron chi connectivity index (χ1n) is 9.43. The van der Waals surface area contributed by atoms with Crippen LogP contribution in [0.3, 0.4) is 0 Å². The predicted molar refractivity (Wildman–Crippen MR) is 97.8 cm³/mol. The normalized spacial score (nSPS) is 27.0. The lowest BCUT2D eigenvalue weighted by Crippen LogP contribution is -2.52. The van der Waals surface area contributed by atoms with E-state index >= 15 is 0 Å². The van der Waals surface area contributed by atoms with Crippen LogP contribution >= 0.6 is 0 Å². The summed E-state index contributed by atoms with van der Waals surface area (Å²) in [5.41, 5.74) is 1.10. The smallest absolute Gasteiger partial charge is 0.244 e. The number of nitrogens with one attached hydrogen (secondary N) is 1. The summed E-state index contributed by atoms with van der Waals surface area (Å²) in [6, 6.07) is 10.4. The van der Waals surface area contributed by atoms with E-state index in [4.69, 9.17) is 0 Å². The summed E-state index contributed by atoms with van der Waals surface area (Å²) in [4.78, 5) is 17.6. The van der Waals surface area contributed by atoms with Gasteiger partial charge in [0.1, 0.15) is 6.04 Å². The van der Waals surface area contributed by atoms with Crippen LogP contribution in [0.2, 0.25) is 0 Å². The topological polar surface area (TPSA) is 35.6 Å². The summed E-state index contributed by atoms with van der Waals surface area (Å²) in [6.07, 6.45) is 4.63. The summed E-state index contributed by atoms with van der Waals surface area (Å²) in [7, 11) is 2.18. The molecule has 2 fully saturated rings. The van der Waals surface area contributed by atoms with Crippen LogP contribution in [0.15, 0.2) is 30.3 Å². The second-order valence-corrected chi connectivity index (χ2v) is 7.53. The predicted octanol–water partition coefficient (Wildman–Crippen LogP) is 2.67. The van der Waals surface area contributed by atoms with Crippen LogP contribution in [0.4, 0.5) is 0 Å². The molecule has 4 heteroatoms. The van der Waals surface area contributed by atoms with E-state index in [1.165, 1.54) is 6.42 Å². The molecule has 24 heavy (non-hydrogen) atoms. The number of amides is 1. The third-order valence-corrected chi connectivity index (χ3v) is 5.54. The zero-order valence-corrected chi connectivity index (χ0v) is 15.1. The molecule has 3 unspecified atom stereocenters. The number of piperidine rings is 2. The monoisotopic (exact) mass is 329 g/mol. The van der Waals surface area contributed by atoms with Gasteiger partial charge < -0.3 is 9.80 Å². The molecule has 2 saturated heterocycles. The van der Waals surface area contributed by atoms with Crippen molar-refractivity contribution in [1.82, 2.24) is 15.1 Å². The van der Waals surface area contributed by atoms with Crippen LogP contribution in [0.5, 0.6) is 0 Å². The van der Waals surface area contributed by atoms with E-state index in [1.54, 1.807) is 0 Å². The maximum atomic E-state index is 13.2. The Balaban J connectivity index is 1.76. The van der Waals surface area contributed by atoms with Crippen molar-refractivity contribution in [1.29, 1.82) is 0 Å². The highest BCUT2D eigenvalue weighted by atomic mass is 16.2.